The highest BCUT2D eigenvalue weighted by Gasteiger charge is 2.38. The Labute approximate surface area is 168 Å². The van der Waals surface area contributed by atoms with Crippen molar-refractivity contribution in [3.05, 3.63) is 53.8 Å². The molecule has 152 valence electrons. The first-order valence-corrected chi connectivity index (χ1v) is 10.7. The maximum Gasteiger partial charge on any atom is 0.284 e. The number of hydrazone groups is 1. The molecule has 0 aliphatic carbocycles. The number of hydrogen-bond donors (Lipinski definition) is 1. The standard InChI is InChI=1S/C20H20FN3O4S/c1-13-4-7-15(8-5-13)24-17-9-6-14(21)11-18(17)29(26,27)20(23-24)19(25)22-12-16-3-2-10-28-16/h4-9,11,16H,2-3,10,12H2,1H3,(H,22,25)/t16-/m0/s1. The molecular weight excluding hydrogens is 397 g/mol. The van der Waals surface area contributed by atoms with Gasteiger partial charge >= 0.3 is 0 Å². The Hall–Kier alpha value is -2.78. The third-order valence-corrected chi connectivity index (χ3v) is 6.55. The van der Waals surface area contributed by atoms with E-state index in [-0.39, 0.29) is 23.2 Å². The minimum absolute atomic E-state index is 0.149. The maximum absolute atomic E-state index is 13.9. The van der Waals surface area contributed by atoms with E-state index in [1.807, 2.05) is 19.1 Å². The molecule has 1 saturated heterocycles. The van der Waals surface area contributed by atoms with Crippen LogP contribution in [0.15, 0.2) is 52.5 Å². The highest BCUT2D eigenvalue weighted by molar-refractivity contribution is 8.08. The number of fused-ring (bicyclic) bond motifs is 1. The molecule has 2 aromatic carbocycles. The summed E-state index contributed by atoms with van der Waals surface area (Å²) in [5, 5.41) is 7.39. The van der Waals surface area contributed by atoms with Gasteiger partial charge in [-0.3, -0.25) is 4.79 Å². The number of carbonyl (C=O) groups excluding carboxylic acids is 1. The number of amides is 1. The molecule has 1 atom stereocenters. The zero-order valence-electron chi connectivity index (χ0n) is 15.8. The monoisotopic (exact) mass is 417 g/mol. The molecule has 0 spiro atoms. The van der Waals surface area contributed by atoms with Gasteiger partial charge in [-0.1, -0.05) is 17.7 Å². The average Bonchev–Trinajstić information content (AvgIpc) is 3.21. The van der Waals surface area contributed by atoms with Crippen LogP contribution in [-0.4, -0.2) is 38.6 Å². The van der Waals surface area contributed by atoms with E-state index in [1.165, 1.54) is 11.1 Å². The number of rotatable bonds is 4. The van der Waals surface area contributed by atoms with E-state index in [0.29, 0.717) is 12.3 Å². The van der Waals surface area contributed by atoms with Crippen LogP contribution in [0.5, 0.6) is 0 Å². The summed E-state index contributed by atoms with van der Waals surface area (Å²) in [6.45, 7) is 2.72. The number of benzene rings is 2. The van der Waals surface area contributed by atoms with Gasteiger partial charge < -0.3 is 10.1 Å². The topological polar surface area (TPSA) is 88.1 Å². The summed E-state index contributed by atoms with van der Waals surface area (Å²) in [5.74, 6) is -1.55. The van der Waals surface area contributed by atoms with E-state index < -0.39 is 26.6 Å². The second-order valence-corrected chi connectivity index (χ2v) is 8.85. The van der Waals surface area contributed by atoms with E-state index in [9.17, 15) is 17.6 Å². The summed E-state index contributed by atoms with van der Waals surface area (Å²) >= 11 is 0. The van der Waals surface area contributed by atoms with Gasteiger partial charge in [0.1, 0.15) is 10.7 Å². The molecule has 0 unspecified atom stereocenters. The fourth-order valence-electron chi connectivity index (χ4n) is 3.32. The lowest BCUT2D eigenvalue weighted by Crippen LogP contribution is -2.42. The smallest absolute Gasteiger partial charge is 0.284 e. The molecule has 0 saturated carbocycles. The SMILES string of the molecule is Cc1ccc(N2N=C(C(=O)NC[C@@H]3CCCO3)S(=O)(=O)c3cc(F)ccc32)cc1. The first-order valence-electron chi connectivity index (χ1n) is 9.26. The molecule has 29 heavy (non-hydrogen) atoms. The Bertz CT molecular complexity index is 1080. The van der Waals surface area contributed by atoms with Gasteiger partial charge in [-0.05, 0) is 50.1 Å². The van der Waals surface area contributed by atoms with E-state index >= 15 is 0 Å². The van der Waals surface area contributed by atoms with Gasteiger partial charge in [-0.15, -0.1) is 5.10 Å². The lowest BCUT2D eigenvalue weighted by Gasteiger charge is -2.27. The predicted octanol–water partition coefficient (Wildman–Crippen LogP) is 2.67. The van der Waals surface area contributed by atoms with Crippen molar-refractivity contribution in [1.29, 1.82) is 0 Å². The number of anilines is 2. The van der Waals surface area contributed by atoms with Crippen LogP contribution < -0.4 is 10.3 Å². The van der Waals surface area contributed by atoms with Gasteiger partial charge in [0.15, 0.2) is 0 Å². The van der Waals surface area contributed by atoms with Crippen LogP contribution in [0.25, 0.3) is 0 Å². The molecule has 1 amide bonds. The molecule has 0 aromatic heterocycles. The van der Waals surface area contributed by atoms with E-state index in [4.69, 9.17) is 4.74 Å². The maximum atomic E-state index is 13.9. The molecule has 7 nitrogen and oxygen atoms in total. The molecule has 2 heterocycles. The van der Waals surface area contributed by atoms with Crippen LogP contribution in [0.3, 0.4) is 0 Å². The molecule has 0 bridgehead atoms. The van der Waals surface area contributed by atoms with Crippen LogP contribution in [0, 0.1) is 12.7 Å². The van der Waals surface area contributed by atoms with Gasteiger partial charge in [-0.25, -0.2) is 17.8 Å². The predicted molar refractivity (Wildman–Crippen MR) is 106 cm³/mol. The van der Waals surface area contributed by atoms with Crippen molar-refractivity contribution in [3.8, 4) is 0 Å². The lowest BCUT2D eigenvalue weighted by atomic mass is 10.2. The summed E-state index contributed by atoms with van der Waals surface area (Å²) in [6, 6.07) is 10.6. The molecule has 2 aliphatic rings. The Morgan fingerprint density at radius 3 is 2.72 bits per heavy atom. The molecule has 2 aromatic rings. The van der Waals surface area contributed by atoms with Crippen molar-refractivity contribution in [2.45, 2.75) is 30.8 Å². The number of carbonyl (C=O) groups is 1. The molecule has 2 aliphatic heterocycles. The number of sulfone groups is 1. The van der Waals surface area contributed by atoms with Crippen LogP contribution in [0.2, 0.25) is 0 Å². The van der Waals surface area contributed by atoms with E-state index in [0.717, 1.165) is 30.5 Å². The molecular formula is C20H20FN3O4S. The highest BCUT2D eigenvalue weighted by atomic mass is 32.2. The van der Waals surface area contributed by atoms with Crippen molar-refractivity contribution >= 4 is 32.2 Å². The van der Waals surface area contributed by atoms with Crippen LogP contribution >= 0.6 is 0 Å². The Kier molecular flexibility index (Phi) is 5.10. The summed E-state index contributed by atoms with van der Waals surface area (Å²) in [7, 11) is -4.28. The van der Waals surface area contributed by atoms with Gasteiger partial charge in [0.25, 0.3) is 5.91 Å². The van der Waals surface area contributed by atoms with Crippen molar-refractivity contribution in [2.24, 2.45) is 5.10 Å². The van der Waals surface area contributed by atoms with Crippen LogP contribution in [-0.2, 0) is 19.4 Å². The fourth-order valence-corrected chi connectivity index (χ4v) is 4.73. The van der Waals surface area contributed by atoms with Gasteiger partial charge in [-0.2, -0.15) is 0 Å². The molecule has 1 fully saturated rings. The minimum atomic E-state index is -4.28. The minimum Gasteiger partial charge on any atom is -0.376 e. The fraction of sp³-hybridized carbons (Fsp3) is 0.300. The van der Waals surface area contributed by atoms with Crippen LogP contribution in [0.1, 0.15) is 18.4 Å². The van der Waals surface area contributed by atoms with Gasteiger partial charge in [0.05, 0.1) is 17.5 Å². The van der Waals surface area contributed by atoms with Crippen molar-refractivity contribution in [1.82, 2.24) is 5.32 Å². The Morgan fingerprint density at radius 2 is 2.03 bits per heavy atom. The molecule has 9 heteroatoms. The number of hydrogen-bond acceptors (Lipinski definition) is 6. The highest BCUT2D eigenvalue weighted by Crippen LogP contribution is 2.37. The summed E-state index contributed by atoms with van der Waals surface area (Å²) in [6.07, 6.45) is 1.54. The lowest BCUT2D eigenvalue weighted by molar-refractivity contribution is -0.115. The summed E-state index contributed by atoms with van der Waals surface area (Å²) in [4.78, 5) is 12.4. The normalized spacial score (nSPS) is 20.1. The molecule has 1 N–H and O–H groups in total. The van der Waals surface area contributed by atoms with Crippen LogP contribution in [0.4, 0.5) is 15.8 Å². The second kappa shape index (κ2) is 7.57. The largest absolute Gasteiger partial charge is 0.376 e. The Morgan fingerprint density at radius 1 is 1.28 bits per heavy atom. The average molecular weight is 417 g/mol. The second-order valence-electron chi connectivity index (χ2n) is 7.01. The van der Waals surface area contributed by atoms with E-state index in [1.54, 1.807) is 12.1 Å². The zero-order valence-corrected chi connectivity index (χ0v) is 16.6. The number of aryl methyl sites for hydroxylation is 1. The third-order valence-electron chi connectivity index (χ3n) is 4.87. The molecule has 4 rings (SSSR count). The Balaban J connectivity index is 1.74. The van der Waals surface area contributed by atoms with Crippen molar-refractivity contribution in [3.63, 3.8) is 0 Å². The van der Waals surface area contributed by atoms with Crippen molar-refractivity contribution < 1.29 is 22.3 Å². The number of ether oxygens (including phenoxy) is 1. The van der Waals surface area contributed by atoms with E-state index in [2.05, 4.69) is 10.4 Å². The first-order chi connectivity index (χ1) is 13.9. The summed E-state index contributed by atoms with van der Waals surface area (Å²) < 4.78 is 45.3. The van der Waals surface area contributed by atoms with Gasteiger partial charge in [0.2, 0.25) is 14.9 Å². The number of nitrogens with zero attached hydrogens (tertiary/aromatic N) is 2. The summed E-state index contributed by atoms with van der Waals surface area (Å²) in [5.41, 5.74) is 1.75. The third kappa shape index (κ3) is 3.75. The number of halogens is 1. The molecule has 0 radical (unpaired) electrons. The number of nitrogens with one attached hydrogen (secondary N) is 1. The zero-order chi connectivity index (χ0) is 20.6. The van der Waals surface area contributed by atoms with Crippen molar-refractivity contribution in [2.75, 3.05) is 18.2 Å². The van der Waals surface area contributed by atoms with Gasteiger partial charge in [0, 0.05) is 13.2 Å². The quantitative estimate of drug-likeness (QED) is 0.826. The first kappa shape index (κ1) is 19.5.